The zero-order valence-corrected chi connectivity index (χ0v) is 10.9. The molecule has 0 unspecified atom stereocenters. The molecule has 4 rings (SSSR count). The molecule has 7 heteroatoms. The van der Waals surface area contributed by atoms with Crippen LogP contribution in [-0.2, 0) is 4.74 Å². The molecule has 2 fully saturated rings. The fourth-order valence-corrected chi connectivity index (χ4v) is 2.50. The number of morpholine rings is 1. The summed E-state index contributed by atoms with van der Waals surface area (Å²) in [6.07, 6.45) is 1.69. The Hall–Kier alpha value is -1.89. The van der Waals surface area contributed by atoms with Gasteiger partial charge in [-0.3, -0.25) is 0 Å². The van der Waals surface area contributed by atoms with Crippen LogP contribution < -0.4 is 4.90 Å². The maximum absolute atomic E-state index is 13.5. The van der Waals surface area contributed by atoms with Gasteiger partial charge in [-0.25, -0.2) is 0 Å². The van der Waals surface area contributed by atoms with Gasteiger partial charge in [0.25, 0.3) is 6.08 Å². The molecule has 1 aliphatic carbocycles. The van der Waals surface area contributed by atoms with Gasteiger partial charge in [0, 0.05) is 25.1 Å². The van der Waals surface area contributed by atoms with Crippen LogP contribution in [0.2, 0.25) is 0 Å². The second-order valence-corrected chi connectivity index (χ2v) is 5.21. The lowest BCUT2D eigenvalue weighted by Gasteiger charge is -2.27. The van der Waals surface area contributed by atoms with E-state index < -0.39 is 6.08 Å². The molecule has 2 aromatic heterocycles. The highest BCUT2D eigenvalue weighted by molar-refractivity contribution is 5.69. The molecule has 0 bridgehead atoms. The summed E-state index contributed by atoms with van der Waals surface area (Å²) in [5.74, 6) is 1.67. The van der Waals surface area contributed by atoms with Crippen LogP contribution in [0.3, 0.4) is 0 Å². The lowest BCUT2D eigenvalue weighted by atomic mass is 10.2. The van der Waals surface area contributed by atoms with Crippen LogP contribution in [0.25, 0.3) is 11.5 Å². The molecule has 0 atom stereocenters. The summed E-state index contributed by atoms with van der Waals surface area (Å²) in [6, 6.07) is 1.87. The number of anilines is 1. The maximum Gasteiger partial charge on any atom is 0.288 e. The molecule has 6 nitrogen and oxygen atoms in total. The highest BCUT2D eigenvalue weighted by Gasteiger charge is 2.29. The Balaban J connectivity index is 1.68. The Kier molecular flexibility index (Phi) is 2.73. The summed E-state index contributed by atoms with van der Waals surface area (Å²) in [5.41, 5.74) is 1.43. The molecule has 106 valence electrons. The molecule has 3 heterocycles. The lowest BCUT2D eigenvalue weighted by molar-refractivity contribution is 0.122. The number of H-pyrrole nitrogens is 1. The Morgan fingerprint density at radius 3 is 2.85 bits per heavy atom. The minimum absolute atomic E-state index is 0.490. The van der Waals surface area contributed by atoms with E-state index >= 15 is 0 Å². The summed E-state index contributed by atoms with van der Waals surface area (Å²) in [5, 5.41) is 4.06. The van der Waals surface area contributed by atoms with Crippen LogP contribution in [0, 0.1) is 6.08 Å². The van der Waals surface area contributed by atoms with Crippen LogP contribution in [0.5, 0.6) is 0 Å². The number of imidazole rings is 1. The fraction of sp³-hybridized carbons (Fsp3) is 0.538. The fourth-order valence-electron chi connectivity index (χ4n) is 2.50. The van der Waals surface area contributed by atoms with Crippen molar-refractivity contribution in [3.05, 3.63) is 17.8 Å². The smallest absolute Gasteiger partial charge is 0.288 e. The SMILES string of the molecule is Fc1nc(-c2cc(C3CC3)no2)c(N2CCOCC2)[nH]1. The highest BCUT2D eigenvalue weighted by atomic mass is 19.1. The second kappa shape index (κ2) is 4.59. The normalized spacial score (nSPS) is 19.6. The number of nitrogens with zero attached hydrogens (tertiary/aromatic N) is 3. The van der Waals surface area contributed by atoms with E-state index in [1.165, 1.54) is 0 Å². The van der Waals surface area contributed by atoms with Crippen molar-refractivity contribution in [2.75, 3.05) is 31.2 Å². The predicted molar refractivity (Wildman–Crippen MR) is 69.0 cm³/mol. The topological polar surface area (TPSA) is 67.2 Å². The van der Waals surface area contributed by atoms with Crippen molar-refractivity contribution in [1.29, 1.82) is 0 Å². The van der Waals surface area contributed by atoms with Crippen LogP contribution in [0.4, 0.5) is 10.2 Å². The third kappa shape index (κ3) is 2.07. The molecule has 1 N–H and O–H groups in total. The Labute approximate surface area is 114 Å². The van der Waals surface area contributed by atoms with Crippen LogP contribution >= 0.6 is 0 Å². The van der Waals surface area contributed by atoms with Gasteiger partial charge in [0.15, 0.2) is 11.5 Å². The number of halogens is 1. The summed E-state index contributed by atoms with van der Waals surface area (Å²) in [6.45, 7) is 2.67. The average Bonchev–Trinajstić information content (AvgIpc) is 3.08. The number of nitrogens with one attached hydrogen (secondary N) is 1. The molecule has 0 radical (unpaired) electrons. The molecular weight excluding hydrogens is 263 g/mol. The van der Waals surface area contributed by atoms with Crippen molar-refractivity contribution >= 4 is 5.82 Å². The van der Waals surface area contributed by atoms with E-state index in [0.717, 1.165) is 18.5 Å². The van der Waals surface area contributed by atoms with Gasteiger partial charge in [-0.2, -0.15) is 9.37 Å². The van der Waals surface area contributed by atoms with E-state index in [4.69, 9.17) is 9.26 Å². The van der Waals surface area contributed by atoms with Gasteiger partial charge in [-0.15, -0.1) is 0 Å². The number of ether oxygens (including phenoxy) is 1. The summed E-state index contributed by atoms with van der Waals surface area (Å²) >= 11 is 0. The summed E-state index contributed by atoms with van der Waals surface area (Å²) < 4.78 is 24.2. The number of hydrogen-bond donors (Lipinski definition) is 1. The third-order valence-corrected chi connectivity index (χ3v) is 3.74. The molecular formula is C13H15FN4O2. The number of aromatic amines is 1. The van der Waals surface area contributed by atoms with E-state index in [-0.39, 0.29) is 0 Å². The molecule has 1 saturated carbocycles. The van der Waals surface area contributed by atoms with Gasteiger partial charge in [-0.05, 0) is 12.8 Å². The lowest BCUT2D eigenvalue weighted by Crippen LogP contribution is -2.36. The average molecular weight is 278 g/mol. The quantitative estimate of drug-likeness (QED) is 0.929. The first kappa shape index (κ1) is 11.9. The van der Waals surface area contributed by atoms with Crippen molar-refractivity contribution in [3.8, 4) is 11.5 Å². The van der Waals surface area contributed by atoms with Crippen molar-refractivity contribution in [2.24, 2.45) is 0 Å². The second-order valence-electron chi connectivity index (χ2n) is 5.21. The molecule has 1 aliphatic heterocycles. The van der Waals surface area contributed by atoms with E-state index in [1.54, 1.807) is 0 Å². The van der Waals surface area contributed by atoms with Gasteiger partial charge in [0.1, 0.15) is 5.82 Å². The molecule has 2 aromatic rings. The van der Waals surface area contributed by atoms with Gasteiger partial charge in [0.05, 0.1) is 18.9 Å². The van der Waals surface area contributed by atoms with Crippen LogP contribution in [-0.4, -0.2) is 41.4 Å². The molecule has 0 amide bonds. The Morgan fingerprint density at radius 1 is 1.30 bits per heavy atom. The Morgan fingerprint density at radius 2 is 2.10 bits per heavy atom. The zero-order valence-electron chi connectivity index (χ0n) is 10.9. The van der Waals surface area contributed by atoms with Gasteiger partial charge in [-0.1, -0.05) is 5.16 Å². The van der Waals surface area contributed by atoms with E-state index in [2.05, 4.69) is 15.1 Å². The first-order valence-electron chi connectivity index (χ1n) is 6.86. The van der Waals surface area contributed by atoms with Gasteiger partial charge >= 0.3 is 0 Å². The first-order chi connectivity index (χ1) is 9.81. The summed E-state index contributed by atoms with van der Waals surface area (Å²) in [4.78, 5) is 8.60. The molecule has 2 aliphatic rings. The van der Waals surface area contributed by atoms with E-state index in [1.807, 2.05) is 11.0 Å². The van der Waals surface area contributed by atoms with Gasteiger partial charge in [0.2, 0.25) is 0 Å². The van der Waals surface area contributed by atoms with E-state index in [9.17, 15) is 4.39 Å². The highest BCUT2D eigenvalue weighted by Crippen LogP contribution is 2.41. The standard InChI is InChI=1S/C13H15FN4O2/c14-13-15-11(10-7-9(17-20-10)8-1-2-8)12(16-13)18-3-5-19-6-4-18/h7-8H,1-6H2,(H,15,16). The molecule has 0 aromatic carbocycles. The molecule has 0 spiro atoms. The monoisotopic (exact) mass is 278 g/mol. The summed E-state index contributed by atoms with van der Waals surface area (Å²) in [7, 11) is 0. The maximum atomic E-state index is 13.5. The number of aromatic nitrogens is 3. The zero-order chi connectivity index (χ0) is 13.5. The van der Waals surface area contributed by atoms with Crippen LogP contribution in [0.15, 0.2) is 10.6 Å². The molecule has 20 heavy (non-hydrogen) atoms. The molecule has 1 saturated heterocycles. The third-order valence-electron chi connectivity index (χ3n) is 3.74. The first-order valence-corrected chi connectivity index (χ1v) is 6.86. The predicted octanol–water partition coefficient (Wildman–Crippen LogP) is 1.92. The number of rotatable bonds is 3. The van der Waals surface area contributed by atoms with E-state index in [0.29, 0.717) is 49.5 Å². The van der Waals surface area contributed by atoms with Crippen molar-refractivity contribution in [2.45, 2.75) is 18.8 Å². The van der Waals surface area contributed by atoms with Gasteiger partial charge < -0.3 is 19.1 Å². The minimum Gasteiger partial charge on any atom is -0.378 e. The Bertz CT molecular complexity index is 614. The van der Waals surface area contributed by atoms with Crippen molar-refractivity contribution in [3.63, 3.8) is 0 Å². The van der Waals surface area contributed by atoms with Crippen LogP contribution in [0.1, 0.15) is 24.5 Å². The largest absolute Gasteiger partial charge is 0.378 e. The minimum atomic E-state index is -0.606. The van der Waals surface area contributed by atoms with Crippen molar-refractivity contribution < 1.29 is 13.7 Å². The number of hydrogen-bond acceptors (Lipinski definition) is 5. The van der Waals surface area contributed by atoms with Crippen molar-refractivity contribution in [1.82, 2.24) is 15.1 Å².